The van der Waals surface area contributed by atoms with E-state index in [1.54, 1.807) is 0 Å². The van der Waals surface area contributed by atoms with Gasteiger partial charge in [0.15, 0.2) is 5.65 Å². The van der Waals surface area contributed by atoms with Gasteiger partial charge in [0.2, 0.25) is 5.95 Å². The van der Waals surface area contributed by atoms with E-state index in [-0.39, 0.29) is 0 Å². The number of aryl methyl sites for hydroxylation is 2. The van der Waals surface area contributed by atoms with E-state index in [9.17, 15) is 0 Å². The topological polar surface area (TPSA) is 61.7 Å². The Balaban J connectivity index is 2.11. The number of nitrogen functional groups attached to an aromatic ring is 1. The molecule has 17 heavy (non-hydrogen) atoms. The number of aromatic nitrogens is 4. The van der Waals surface area contributed by atoms with Crippen LogP contribution in [0, 0.1) is 12.3 Å². The third kappa shape index (κ3) is 1.45. The first-order chi connectivity index (χ1) is 8.06. The molecule has 3 rings (SSSR count). The van der Waals surface area contributed by atoms with Gasteiger partial charge in [-0.3, -0.25) is 9.25 Å². The van der Waals surface area contributed by atoms with E-state index < -0.39 is 0 Å². The fourth-order valence-corrected chi connectivity index (χ4v) is 2.64. The Hall–Kier alpha value is -1.52. The van der Waals surface area contributed by atoms with E-state index in [2.05, 4.69) is 21.6 Å². The van der Waals surface area contributed by atoms with Crippen LogP contribution < -0.4 is 5.73 Å². The van der Waals surface area contributed by atoms with Gasteiger partial charge in [-0.25, -0.2) is 4.98 Å². The van der Waals surface area contributed by atoms with Crippen LogP contribution >= 0.6 is 0 Å². The van der Waals surface area contributed by atoms with Crippen LogP contribution in [0.1, 0.15) is 31.9 Å². The zero-order valence-corrected chi connectivity index (χ0v) is 10.7. The summed E-state index contributed by atoms with van der Waals surface area (Å²) in [5, 5.41) is 4.41. The van der Waals surface area contributed by atoms with E-state index >= 15 is 0 Å². The number of nitrogens with zero attached hydrogens (tertiary/aromatic N) is 4. The largest absolute Gasteiger partial charge is 0.369 e. The summed E-state index contributed by atoms with van der Waals surface area (Å²) in [5.41, 5.74) is 9.44. The molecular formula is C12H19N5. The van der Waals surface area contributed by atoms with Crippen molar-refractivity contribution in [2.75, 3.05) is 5.73 Å². The van der Waals surface area contributed by atoms with Gasteiger partial charge in [-0.1, -0.05) is 6.92 Å². The van der Waals surface area contributed by atoms with Gasteiger partial charge >= 0.3 is 0 Å². The minimum Gasteiger partial charge on any atom is -0.369 e. The van der Waals surface area contributed by atoms with Gasteiger partial charge in [-0.2, -0.15) is 5.10 Å². The standard InChI is InChI=1S/C12H19N5/c1-4-12(5-6-12)7-17-10-9(14-11(17)13)8(2)15-16(10)3/h4-7H2,1-3H3,(H2,13,14). The number of fused-ring (bicyclic) bond motifs is 1. The molecule has 2 aromatic heterocycles. The molecule has 1 saturated carbocycles. The molecule has 1 fully saturated rings. The summed E-state index contributed by atoms with van der Waals surface area (Å²) in [6.07, 6.45) is 3.82. The second kappa shape index (κ2) is 3.24. The molecule has 0 saturated heterocycles. The Labute approximate surface area is 101 Å². The first-order valence-electron chi connectivity index (χ1n) is 6.22. The van der Waals surface area contributed by atoms with E-state index in [1.165, 1.54) is 19.3 Å². The van der Waals surface area contributed by atoms with Crippen molar-refractivity contribution in [3.8, 4) is 0 Å². The van der Waals surface area contributed by atoms with Crippen molar-refractivity contribution in [2.24, 2.45) is 12.5 Å². The molecule has 2 aromatic rings. The maximum absolute atomic E-state index is 6.04. The monoisotopic (exact) mass is 233 g/mol. The van der Waals surface area contributed by atoms with E-state index in [0.29, 0.717) is 11.4 Å². The van der Waals surface area contributed by atoms with Crippen LogP contribution in [0.15, 0.2) is 0 Å². The second-order valence-electron chi connectivity index (χ2n) is 5.29. The third-order valence-electron chi connectivity index (χ3n) is 4.12. The van der Waals surface area contributed by atoms with Crippen molar-refractivity contribution in [3.63, 3.8) is 0 Å². The molecule has 5 nitrogen and oxygen atoms in total. The molecule has 0 spiro atoms. The molecule has 92 valence electrons. The fraction of sp³-hybridized carbons (Fsp3) is 0.667. The van der Waals surface area contributed by atoms with Crippen molar-refractivity contribution in [1.82, 2.24) is 19.3 Å². The molecule has 2 N–H and O–H groups in total. The molecule has 0 aliphatic heterocycles. The van der Waals surface area contributed by atoms with Crippen molar-refractivity contribution in [2.45, 2.75) is 39.7 Å². The highest BCUT2D eigenvalue weighted by Gasteiger charge is 2.41. The average Bonchev–Trinajstić information content (AvgIpc) is 2.92. The van der Waals surface area contributed by atoms with Gasteiger partial charge in [0.05, 0.1) is 5.69 Å². The summed E-state index contributed by atoms with van der Waals surface area (Å²) < 4.78 is 4.02. The SMILES string of the molecule is CCC1(Cn2c(N)nc3c(C)nn(C)c32)CC1. The van der Waals surface area contributed by atoms with E-state index in [0.717, 1.165) is 23.4 Å². The van der Waals surface area contributed by atoms with Gasteiger partial charge < -0.3 is 5.73 Å². The van der Waals surface area contributed by atoms with E-state index in [4.69, 9.17) is 5.73 Å². The highest BCUT2D eigenvalue weighted by molar-refractivity contribution is 5.77. The summed E-state index contributed by atoms with van der Waals surface area (Å²) >= 11 is 0. The van der Waals surface area contributed by atoms with Crippen molar-refractivity contribution in [1.29, 1.82) is 0 Å². The lowest BCUT2D eigenvalue weighted by molar-refractivity contribution is 0.414. The van der Waals surface area contributed by atoms with E-state index in [1.807, 2.05) is 18.7 Å². The lowest BCUT2D eigenvalue weighted by Crippen LogP contribution is -2.14. The smallest absolute Gasteiger partial charge is 0.202 e. The molecule has 0 amide bonds. The zero-order valence-electron chi connectivity index (χ0n) is 10.7. The molecule has 0 atom stereocenters. The molecule has 2 heterocycles. The molecule has 0 radical (unpaired) electrons. The number of hydrogen-bond acceptors (Lipinski definition) is 3. The minimum atomic E-state index is 0.458. The van der Waals surface area contributed by atoms with Gasteiger partial charge in [0.1, 0.15) is 5.52 Å². The third-order valence-corrected chi connectivity index (χ3v) is 4.12. The van der Waals surface area contributed by atoms with Crippen molar-refractivity contribution < 1.29 is 0 Å². The Bertz CT molecular complexity index is 573. The molecule has 0 bridgehead atoms. The van der Waals surface area contributed by atoms with Gasteiger partial charge in [0.25, 0.3) is 0 Å². The number of rotatable bonds is 3. The number of nitrogens with two attached hydrogens (primary N) is 1. The highest BCUT2D eigenvalue weighted by atomic mass is 15.3. The predicted octanol–water partition coefficient (Wildman–Crippen LogP) is 1.85. The summed E-state index contributed by atoms with van der Waals surface area (Å²) in [4.78, 5) is 4.44. The Kier molecular flexibility index (Phi) is 2.03. The summed E-state index contributed by atoms with van der Waals surface area (Å²) in [6.45, 7) is 5.21. The first kappa shape index (κ1) is 10.6. The zero-order chi connectivity index (χ0) is 12.2. The van der Waals surface area contributed by atoms with Crippen LogP contribution in [0.2, 0.25) is 0 Å². The lowest BCUT2D eigenvalue weighted by Gasteiger charge is -2.15. The molecular weight excluding hydrogens is 214 g/mol. The highest BCUT2D eigenvalue weighted by Crippen LogP contribution is 2.50. The Morgan fingerprint density at radius 2 is 2.12 bits per heavy atom. The normalized spacial score (nSPS) is 17.8. The van der Waals surface area contributed by atoms with Crippen LogP contribution in [0.5, 0.6) is 0 Å². The van der Waals surface area contributed by atoms with Crippen LogP contribution in [-0.4, -0.2) is 19.3 Å². The minimum absolute atomic E-state index is 0.458. The molecule has 1 aliphatic rings. The quantitative estimate of drug-likeness (QED) is 0.880. The molecule has 0 aromatic carbocycles. The maximum Gasteiger partial charge on any atom is 0.202 e. The van der Waals surface area contributed by atoms with Crippen LogP contribution in [-0.2, 0) is 13.6 Å². The number of hydrogen-bond donors (Lipinski definition) is 1. The van der Waals surface area contributed by atoms with Crippen molar-refractivity contribution >= 4 is 17.1 Å². The fourth-order valence-electron chi connectivity index (χ4n) is 2.64. The Morgan fingerprint density at radius 1 is 1.41 bits per heavy atom. The molecule has 1 aliphatic carbocycles. The average molecular weight is 233 g/mol. The maximum atomic E-state index is 6.04. The van der Waals surface area contributed by atoms with Crippen LogP contribution in [0.4, 0.5) is 5.95 Å². The second-order valence-corrected chi connectivity index (χ2v) is 5.29. The van der Waals surface area contributed by atoms with Gasteiger partial charge in [-0.15, -0.1) is 0 Å². The van der Waals surface area contributed by atoms with Gasteiger partial charge in [-0.05, 0) is 31.6 Å². The first-order valence-corrected chi connectivity index (χ1v) is 6.22. The number of anilines is 1. The Morgan fingerprint density at radius 3 is 2.71 bits per heavy atom. The lowest BCUT2D eigenvalue weighted by atomic mass is 10.0. The number of imidazole rings is 1. The summed E-state index contributed by atoms with van der Waals surface area (Å²) in [7, 11) is 1.96. The van der Waals surface area contributed by atoms with Crippen LogP contribution in [0.25, 0.3) is 11.2 Å². The van der Waals surface area contributed by atoms with Gasteiger partial charge in [0, 0.05) is 13.6 Å². The summed E-state index contributed by atoms with van der Waals surface area (Å²) in [5.74, 6) is 0.621. The summed E-state index contributed by atoms with van der Waals surface area (Å²) in [6, 6.07) is 0. The van der Waals surface area contributed by atoms with Crippen LogP contribution in [0.3, 0.4) is 0 Å². The molecule has 5 heteroatoms. The predicted molar refractivity (Wildman–Crippen MR) is 67.6 cm³/mol. The molecule has 0 unspecified atom stereocenters. The van der Waals surface area contributed by atoms with Crippen molar-refractivity contribution in [3.05, 3.63) is 5.69 Å².